The highest BCUT2D eigenvalue weighted by Gasteiger charge is 2.35. The van der Waals surface area contributed by atoms with Crippen LogP contribution in [0.2, 0.25) is 0 Å². The summed E-state index contributed by atoms with van der Waals surface area (Å²) in [4.78, 5) is 11.1. The molecule has 1 rings (SSSR count). The number of hydrogen-bond acceptors (Lipinski definition) is 4. The highest BCUT2D eigenvalue weighted by atomic mass is 19.1. The van der Waals surface area contributed by atoms with Crippen molar-refractivity contribution in [1.82, 2.24) is 0 Å². The van der Waals surface area contributed by atoms with Crippen LogP contribution in [0.5, 0.6) is 0 Å². The van der Waals surface area contributed by atoms with Gasteiger partial charge < -0.3 is 15.2 Å². The average Bonchev–Trinajstić information content (AvgIpc) is 2.19. The van der Waals surface area contributed by atoms with E-state index in [1.165, 1.54) is 13.2 Å². The number of halogens is 1. The third-order valence-corrected chi connectivity index (χ3v) is 2.72. The molecule has 1 unspecified atom stereocenters. The maximum absolute atomic E-state index is 13.4. The lowest BCUT2D eigenvalue weighted by atomic mass is 9.75. The Morgan fingerprint density at radius 1 is 1.53 bits per heavy atom. The maximum Gasteiger partial charge on any atom is 0.513 e. The predicted molar refractivity (Wildman–Crippen MR) is 61.5 cm³/mol. The first kappa shape index (κ1) is 13.5. The van der Waals surface area contributed by atoms with Gasteiger partial charge in [-0.15, -0.1) is 0 Å². The first-order valence-corrected chi connectivity index (χ1v) is 5.37. The Labute approximate surface area is 100 Å². The van der Waals surface area contributed by atoms with E-state index < -0.39 is 6.16 Å². The first-order chi connectivity index (χ1) is 7.75. The Balaban J connectivity index is 3.07. The minimum absolute atomic E-state index is 0.138. The topological polar surface area (TPSA) is 61.5 Å². The molecule has 2 N–H and O–H groups in total. The minimum Gasteiger partial charge on any atom is -0.437 e. The fourth-order valence-corrected chi connectivity index (χ4v) is 1.75. The molecule has 0 heterocycles. The fourth-order valence-electron chi connectivity index (χ4n) is 1.75. The van der Waals surface area contributed by atoms with Gasteiger partial charge in [0.05, 0.1) is 12.8 Å². The van der Waals surface area contributed by atoms with Gasteiger partial charge in [0, 0.05) is 12.3 Å². The zero-order valence-corrected chi connectivity index (χ0v) is 10.5. The second-order valence-corrected chi connectivity index (χ2v) is 5.09. The van der Waals surface area contributed by atoms with Crippen molar-refractivity contribution in [3.63, 3.8) is 0 Å². The summed E-state index contributed by atoms with van der Waals surface area (Å²) in [7, 11) is 1.21. The van der Waals surface area contributed by atoms with Crippen LogP contribution in [0.15, 0.2) is 23.4 Å². The molecule has 0 aromatic heterocycles. The summed E-state index contributed by atoms with van der Waals surface area (Å²) in [5, 5.41) is 0. The molecule has 0 spiro atoms. The van der Waals surface area contributed by atoms with Crippen LogP contribution in [0, 0.1) is 11.3 Å². The maximum atomic E-state index is 13.4. The SMILES string of the molecule is COC(=O)OC1=C(N)C=C(F)CC1C(C)(C)C. The van der Waals surface area contributed by atoms with E-state index >= 15 is 0 Å². The Kier molecular flexibility index (Phi) is 3.80. The van der Waals surface area contributed by atoms with Gasteiger partial charge in [-0.05, 0) is 11.5 Å². The summed E-state index contributed by atoms with van der Waals surface area (Å²) >= 11 is 0. The van der Waals surface area contributed by atoms with Crippen molar-refractivity contribution in [2.75, 3.05) is 7.11 Å². The third kappa shape index (κ3) is 3.22. The van der Waals surface area contributed by atoms with Crippen molar-refractivity contribution in [2.24, 2.45) is 17.1 Å². The number of carbonyl (C=O) groups is 1. The van der Waals surface area contributed by atoms with Crippen LogP contribution in [0.1, 0.15) is 27.2 Å². The van der Waals surface area contributed by atoms with E-state index in [2.05, 4.69) is 4.74 Å². The molecule has 0 aliphatic heterocycles. The molecule has 17 heavy (non-hydrogen) atoms. The molecule has 96 valence electrons. The van der Waals surface area contributed by atoms with Gasteiger partial charge in [-0.1, -0.05) is 20.8 Å². The smallest absolute Gasteiger partial charge is 0.437 e. The van der Waals surface area contributed by atoms with E-state index in [1.54, 1.807) is 0 Å². The lowest BCUT2D eigenvalue weighted by molar-refractivity contribution is 0.0739. The van der Waals surface area contributed by atoms with Crippen molar-refractivity contribution in [3.8, 4) is 0 Å². The molecule has 0 radical (unpaired) electrons. The number of ether oxygens (including phenoxy) is 2. The van der Waals surface area contributed by atoms with Crippen LogP contribution in [-0.4, -0.2) is 13.3 Å². The van der Waals surface area contributed by atoms with E-state index in [0.29, 0.717) is 0 Å². The lowest BCUT2D eigenvalue weighted by Crippen LogP contribution is -2.29. The van der Waals surface area contributed by atoms with Crippen molar-refractivity contribution in [3.05, 3.63) is 23.4 Å². The van der Waals surface area contributed by atoms with E-state index in [0.717, 1.165) is 0 Å². The number of methoxy groups -OCH3 is 1. The highest BCUT2D eigenvalue weighted by Crippen LogP contribution is 2.41. The van der Waals surface area contributed by atoms with E-state index in [-0.39, 0.29) is 35.0 Å². The van der Waals surface area contributed by atoms with Crippen LogP contribution in [0.25, 0.3) is 0 Å². The molecule has 1 aliphatic rings. The summed E-state index contributed by atoms with van der Waals surface area (Å²) in [6, 6.07) is 0. The van der Waals surface area contributed by atoms with Crippen molar-refractivity contribution in [1.29, 1.82) is 0 Å². The van der Waals surface area contributed by atoms with Gasteiger partial charge in [0.15, 0.2) is 0 Å². The monoisotopic (exact) mass is 243 g/mol. The second kappa shape index (κ2) is 4.77. The van der Waals surface area contributed by atoms with E-state index in [1.807, 2.05) is 20.8 Å². The molecule has 0 saturated carbocycles. The molecule has 0 amide bonds. The van der Waals surface area contributed by atoms with Gasteiger partial charge in [0.25, 0.3) is 0 Å². The zero-order chi connectivity index (χ0) is 13.2. The van der Waals surface area contributed by atoms with Gasteiger partial charge in [0.1, 0.15) is 11.6 Å². The Morgan fingerprint density at radius 3 is 2.59 bits per heavy atom. The van der Waals surface area contributed by atoms with E-state index in [9.17, 15) is 9.18 Å². The second-order valence-electron chi connectivity index (χ2n) is 5.09. The molecular formula is C12H18FNO3. The van der Waals surface area contributed by atoms with Gasteiger partial charge in [-0.25, -0.2) is 9.18 Å². The molecular weight excluding hydrogens is 225 g/mol. The zero-order valence-electron chi connectivity index (χ0n) is 10.5. The highest BCUT2D eigenvalue weighted by molar-refractivity contribution is 5.61. The van der Waals surface area contributed by atoms with Gasteiger partial charge in [-0.3, -0.25) is 0 Å². The molecule has 1 aliphatic carbocycles. The minimum atomic E-state index is -0.840. The summed E-state index contributed by atoms with van der Waals surface area (Å²) in [6.07, 6.45) is 0.518. The van der Waals surface area contributed by atoms with Crippen molar-refractivity contribution >= 4 is 6.16 Å². The molecule has 0 aromatic rings. The summed E-state index contributed by atoms with van der Waals surface area (Å²) in [6.45, 7) is 5.80. The largest absolute Gasteiger partial charge is 0.513 e. The van der Waals surface area contributed by atoms with Gasteiger partial charge >= 0.3 is 6.16 Å². The van der Waals surface area contributed by atoms with Crippen LogP contribution < -0.4 is 5.73 Å². The Hall–Kier alpha value is -1.52. The molecule has 0 fully saturated rings. The predicted octanol–water partition coefficient (Wildman–Crippen LogP) is 2.86. The Morgan fingerprint density at radius 2 is 2.12 bits per heavy atom. The fraction of sp³-hybridized carbons (Fsp3) is 0.583. The molecule has 4 nitrogen and oxygen atoms in total. The van der Waals surface area contributed by atoms with Gasteiger partial charge in [0.2, 0.25) is 0 Å². The van der Waals surface area contributed by atoms with Crippen molar-refractivity contribution in [2.45, 2.75) is 27.2 Å². The molecule has 0 saturated heterocycles. The van der Waals surface area contributed by atoms with Crippen LogP contribution in [-0.2, 0) is 9.47 Å². The van der Waals surface area contributed by atoms with Crippen molar-refractivity contribution < 1.29 is 18.7 Å². The van der Waals surface area contributed by atoms with Gasteiger partial charge in [-0.2, -0.15) is 0 Å². The number of carbonyl (C=O) groups excluding carboxylic acids is 1. The van der Waals surface area contributed by atoms with Crippen LogP contribution in [0.3, 0.4) is 0 Å². The first-order valence-electron chi connectivity index (χ1n) is 5.37. The lowest BCUT2D eigenvalue weighted by Gasteiger charge is -2.33. The summed E-state index contributed by atoms with van der Waals surface area (Å²) < 4.78 is 22.8. The number of hydrogen-bond donors (Lipinski definition) is 1. The molecule has 0 bridgehead atoms. The quantitative estimate of drug-likeness (QED) is 0.719. The normalized spacial score (nSPS) is 21.0. The molecule has 5 heteroatoms. The van der Waals surface area contributed by atoms with E-state index in [4.69, 9.17) is 10.5 Å². The summed E-state index contributed by atoms with van der Waals surface area (Å²) in [5.41, 5.74) is 5.56. The molecule has 0 aromatic carbocycles. The number of allylic oxidation sites excluding steroid dienone is 3. The summed E-state index contributed by atoms with van der Waals surface area (Å²) in [5.74, 6) is -0.308. The number of rotatable bonds is 1. The molecule has 1 atom stereocenters. The average molecular weight is 243 g/mol. The Bertz CT molecular complexity index is 380. The third-order valence-electron chi connectivity index (χ3n) is 2.72. The standard InChI is InChI=1S/C12H18FNO3/c1-12(2,3)8-5-7(13)6-9(14)10(8)17-11(15)16-4/h6,8H,5,14H2,1-4H3. The number of nitrogens with two attached hydrogens (primary N) is 1. The van der Waals surface area contributed by atoms with Crippen LogP contribution >= 0.6 is 0 Å². The van der Waals surface area contributed by atoms with Crippen LogP contribution in [0.4, 0.5) is 9.18 Å².